The molecule has 0 N–H and O–H groups in total. The average molecular weight is 424 g/mol. The maximum absolute atomic E-state index is 13.4. The largest absolute Gasteiger partial charge is 0.417 e. The third-order valence-corrected chi connectivity index (χ3v) is 10.8. The van der Waals surface area contributed by atoms with Gasteiger partial charge in [0.1, 0.15) is 8.24 Å². The minimum Gasteiger partial charge on any atom is -0.283 e. The highest BCUT2D eigenvalue weighted by molar-refractivity contribution is 7.89. The molecular weight excluding hydrogens is 403 g/mol. The Hall–Kier alpha value is -0.303. The predicted octanol–water partition coefficient (Wildman–Crippen LogP) is 6.84. The second-order valence-electron chi connectivity index (χ2n) is 7.61. The highest BCUT2D eigenvalue weighted by Crippen LogP contribution is 2.55. The topological polar surface area (TPSA) is 3.24 Å². The molecule has 144 valence electrons. The molecule has 0 heterocycles. The van der Waals surface area contributed by atoms with Gasteiger partial charge < -0.3 is 0 Å². The van der Waals surface area contributed by atoms with Gasteiger partial charge >= 0.3 is 12.4 Å². The van der Waals surface area contributed by atoms with Crippen molar-refractivity contribution in [3.05, 3.63) is 29.3 Å². The van der Waals surface area contributed by atoms with Crippen LogP contribution >= 0.6 is 18.7 Å². The first-order valence-corrected chi connectivity index (χ1v) is 13.1. The summed E-state index contributed by atoms with van der Waals surface area (Å²) in [6.07, 6.45) is -9.84. The molecule has 1 unspecified atom stereocenters. The minimum atomic E-state index is -4.92. The Labute approximate surface area is 151 Å². The molecule has 1 atom stereocenters. The van der Waals surface area contributed by atoms with E-state index in [1.807, 2.05) is 19.6 Å². The fourth-order valence-corrected chi connectivity index (χ4v) is 12.0. The second kappa shape index (κ2) is 7.02. The lowest BCUT2D eigenvalue weighted by atomic mass is 10.1. The van der Waals surface area contributed by atoms with Crippen molar-refractivity contribution in [2.24, 2.45) is 0 Å². The van der Waals surface area contributed by atoms with Gasteiger partial charge in [-0.1, -0.05) is 36.9 Å². The zero-order valence-corrected chi connectivity index (χ0v) is 17.4. The molecule has 0 radical (unpaired) electrons. The van der Waals surface area contributed by atoms with Crippen LogP contribution in [0, 0.1) is 0 Å². The molecule has 0 aliphatic heterocycles. The van der Waals surface area contributed by atoms with Crippen LogP contribution in [0.1, 0.15) is 31.9 Å². The highest BCUT2D eigenvalue weighted by atomic mass is 35.7. The SMILES string of the molecule is CC(C)(C)N(P(Cl)c1c(C(F)(F)F)cccc1C(F)(F)F)[Si](C)(C)C. The quantitative estimate of drug-likeness (QED) is 0.292. The summed E-state index contributed by atoms with van der Waals surface area (Å²) in [5.74, 6) is 0. The number of halogens is 7. The minimum absolute atomic E-state index is 0.660. The molecular formula is C15H21ClF6NPSi. The van der Waals surface area contributed by atoms with Crippen LogP contribution in [-0.4, -0.2) is 18.1 Å². The monoisotopic (exact) mass is 423 g/mol. The Morgan fingerprint density at radius 2 is 1.24 bits per heavy atom. The van der Waals surface area contributed by atoms with Gasteiger partial charge in [0, 0.05) is 10.8 Å². The molecule has 1 rings (SSSR count). The molecule has 0 fully saturated rings. The van der Waals surface area contributed by atoms with Crippen molar-refractivity contribution >= 4 is 32.2 Å². The van der Waals surface area contributed by atoms with E-state index in [9.17, 15) is 26.3 Å². The fraction of sp³-hybridized carbons (Fsp3) is 0.600. The van der Waals surface area contributed by atoms with Gasteiger partial charge in [0.05, 0.1) is 18.6 Å². The number of hydrogen-bond acceptors (Lipinski definition) is 1. The van der Waals surface area contributed by atoms with Gasteiger partial charge in [-0.05, 0) is 32.9 Å². The van der Waals surface area contributed by atoms with Crippen molar-refractivity contribution in [1.82, 2.24) is 4.34 Å². The van der Waals surface area contributed by atoms with Crippen molar-refractivity contribution in [3.63, 3.8) is 0 Å². The molecule has 0 bridgehead atoms. The third kappa shape index (κ3) is 5.34. The van der Waals surface area contributed by atoms with Gasteiger partial charge in [-0.2, -0.15) is 26.3 Å². The van der Waals surface area contributed by atoms with E-state index >= 15 is 0 Å². The first-order chi connectivity index (χ1) is 10.9. The maximum atomic E-state index is 13.4. The van der Waals surface area contributed by atoms with Crippen LogP contribution in [-0.2, 0) is 12.4 Å². The van der Waals surface area contributed by atoms with Crippen LogP contribution in [0.15, 0.2) is 18.2 Å². The molecule has 1 nitrogen and oxygen atoms in total. The first-order valence-electron chi connectivity index (χ1n) is 7.42. The average Bonchev–Trinajstić information content (AvgIpc) is 2.31. The molecule has 0 aliphatic carbocycles. The fourth-order valence-electron chi connectivity index (χ4n) is 2.83. The molecule has 0 saturated carbocycles. The Bertz CT molecular complexity index is 572. The summed E-state index contributed by atoms with van der Waals surface area (Å²) in [5, 5.41) is -0.864. The lowest BCUT2D eigenvalue weighted by Gasteiger charge is -2.47. The lowest BCUT2D eigenvalue weighted by molar-refractivity contribution is -0.141. The Morgan fingerprint density at radius 1 is 0.880 bits per heavy atom. The lowest BCUT2D eigenvalue weighted by Crippen LogP contribution is -2.53. The molecule has 0 spiro atoms. The van der Waals surface area contributed by atoms with E-state index in [1.165, 1.54) is 0 Å². The van der Waals surface area contributed by atoms with Gasteiger partial charge in [0.15, 0.2) is 0 Å². The van der Waals surface area contributed by atoms with Crippen molar-refractivity contribution in [1.29, 1.82) is 0 Å². The number of alkyl halides is 6. The van der Waals surface area contributed by atoms with Gasteiger partial charge in [-0.3, -0.25) is 4.34 Å². The van der Waals surface area contributed by atoms with Crippen LogP contribution in [0.3, 0.4) is 0 Å². The molecule has 0 aliphatic rings. The summed E-state index contributed by atoms with van der Waals surface area (Å²) in [5.41, 5.74) is -3.33. The normalized spacial score (nSPS) is 15.6. The number of benzene rings is 1. The molecule has 10 heteroatoms. The number of hydrogen-bond donors (Lipinski definition) is 0. The van der Waals surface area contributed by atoms with Crippen LogP contribution in [0.25, 0.3) is 0 Å². The summed E-state index contributed by atoms with van der Waals surface area (Å²) >= 11 is 6.39. The second-order valence-corrected chi connectivity index (χ2v) is 15.1. The summed E-state index contributed by atoms with van der Waals surface area (Å²) in [7, 11) is -4.69. The molecule has 1 aromatic rings. The van der Waals surface area contributed by atoms with Crippen LogP contribution < -0.4 is 5.30 Å². The zero-order chi connectivity index (χ0) is 20.0. The third-order valence-electron chi connectivity index (χ3n) is 3.28. The first kappa shape index (κ1) is 22.7. The van der Waals surface area contributed by atoms with Crippen molar-refractivity contribution < 1.29 is 26.3 Å². The Kier molecular flexibility index (Phi) is 6.39. The van der Waals surface area contributed by atoms with E-state index in [0.717, 1.165) is 6.07 Å². The molecule has 0 amide bonds. The Morgan fingerprint density at radius 3 is 1.48 bits per heavy atom. The maximum Gasteiger partial charge on any atom is 0.417 e. The predicted molar refractivity (Wildman–Crippen MR) is 93.8 cm³/mol. The van der Waals surface area contributed by atoms with E-state index in [-0.39, 0.29) is 0 Å². The summed E-state index contributed by atoms with van der Waals surface area (Å²) < 4.78 is 82.1. The van der Waals surface area contributed by atoms with Crippen molar-refractivity contribution in [3.8, 4) is 0 Å². The van der Waals surface area contributed by atoms with Crippen LogP contribution in [0.2, 0.25) is 19.6 Å². The number of nitrogens with zero attached hydrogens (tertiary/aromatic N) is 1. The molecule has 25 heavy (non-hydrogen) atoms. The van der Waals surface area contributed by atoms with E-state index in [1.54, 1.807) is 25.1 Å². The smallest absolute Gasteiger partial charge is 0.283 e. The van der Waals surface area contributed by atoms with Crippen molar-refractivity contribution in [2.45, 2.75) is 58.3 Å². The van der Waals surface area contributed by atoms with E-state index in [2.05, 4.69) is 0 Å². The molecule has 1 aromatic carbocycles. The molecule has 0 aromatic heterocycles. The Balaban J connectivity index is 3.79. The summed E-state index contributed by atoms with van der Waals surface area (Å²) in [6.45, 7) is 10.8. The summed E-state index contributed by atoms with van der Waals surface area (Å²) in [6, 6.07) is 2.09. The standard InChI is InChI=1S/C15H21ClF6NPSi/c1-13(2,3)23(25(4,5)6)24(16)12-10(14(17,18)19)8-7-9-11(12)15(20,21)22/h7-9H,1-6H3. The van der Waals surface area contributed by atoms with E-state index < -0.39 is 50.0 Å². The van der Waals surface area contributed by atoms with E-state index in [0.29, 0.717) is 12.1 Å². The van der Waals surface area contributed by atoms with E-state index in [4.69, 9.17) is 11.2 Å². The van der Waals surface area contributed by atoms with Crippen LogP contribution in [0.5, 0.6) is 0 Å². The highest BCUT2D eigenvalue weighted by Gasteiger charge is 2.47. The summed E-state index contributed by atoms with van der Waals surface area (Å²) in [4.78, 5) is 0. The van der Waals surface area contributed by atoms with Gasteiger partial charge in [-0.15, -0.1) is 0 Å². The van der Waals surface area contributed by atoms with Crippen molar-refractivity contribution in [2.75, 3.05) is 0 Å². The van der Waals surface area contributed by atoms with Gasteiger partial charge in [0.25, 0.3) is 0 Å². The molecule has 0 saturated heterocycles. The van der Waals surface area contributed by atoms with Crippen LogP contribution in [0.4, 0.5) is 26.3 Å². The number of rotatable bonds is 3. The zero-order valence-electron chi connectivity index (χ0n) is 14.8. The van der Waals surface area contributed by atoms with Gasteiger partial charge in [-0.25, -0.2) is 0 Å². The van der Waals surface area contributed by atoms with Gasteiger partial charge in [0.2, 0.25) is 0 Å².